The maximum Gasteiger partial charge on any atom is 0.0702 e. The largest absolute Gasteiger partial charge is 0.377 e. The average Bonchev–Trinajstić information content (AvgIpc) is 2.71. The van der Waals surface area contributed by atoms with E-state index in [1.54, 1.807) is 0 Å². The van der Waals surface area contributed by atoms with Crippen LogP contribution < -0.4 is 0 Å². The van der Waals surface area contributed by atoms with Crippen LogP contribution in [0.3, 0.4) is 0 Å². The summed E-state index contributed by atoms with van der Waals surface area (Å²) in [6.07, 6.45) is 7.29. The molecule has 0 bridgehead atoms. The van der Waals surface area contributed by atoms with Gasteiger partial charge in [-0.15, -0.1) is 0 Å². The molecule has 0 aromatic carbocycles. The van der Waals surface area contributed by atoms with Crippen molar-refractivity contribution in [1.82, 2.24) is 4.90 Å². The third kappa shape index (κ3) is 2.71. The number of hydrogen-bond acceptors (Lipinski definition) is 2. The monoisotopic (exact) mass is 197 g/mol. The fourth-order valence-corrected chi connectivity index (χ4v) is 2.73. The van der Waals surface area contributed by atoms with Gasteiger partial charge in [0.15, 0.2) is 0 Å². The van der Waals surface area contributed by atoms with Crippen molar-refractivity contribution in [3.05, 3.63) is 0 Å². The molecule has 2 rings (SSSR count). The van der Waals surface area contributed by atoms with Crippen LogP contribution in [0.1, 0.15) is 39.0 Å². The number of hydrogen-bond donors (Lipinski definition) is 0. The van der Waals surface area contributed by atoms with Crippen molar-refractivity contribution < 1.29 is 4.74 Å². The van der Waals surface area contributed by atoms with E-state index in [1.165, 1.54) is 51.7 Å². The highest BCUT2D eigenvalue weighted by Gasteiger charge is 2.23. The van der Waals surface area contributed by atoms with Crippen LogP contribution in [-0.4, -0.2) is 37.2 Å². The molecule has 0 aliphatic carbocycles. The molecule has 0 radical (unpaired) electrons. The zero-order valence-electron chi connectivity index (χ0n) is 9.37. The second-order valence-electron chi connectivity index (χ2n) is 4.81. The van der Waals surface area contributed by atoms with E-state index in [2.05, 4.69) is 11.8 Å². The van der Waals surface area contributed by atoms with Gasteiger partial charge in [0.2, 0.25) is 0 Å². The van der Waals surface area contributed by atoms with Crippen molar-refractivity contribution in [2.45, 2.75) is 45.1 Å². The Balaban J connectivity index is 1.73. The first-order valence-electron chi connectivity index (χ1n) is 6.22. The van der Waals surface area contributed by atoms with Crippen LogP contribution >= 0.6 is 0 Å². The molecule has 0 aromatic rings. The summed E-state index contributed by atoms with van der Waals surface area (Å²) >= 11 is 0. The van der Waals surface area contributed by atoms with Gasteiger partial charge in [0.05, 0.1) is 6.10 Å². The summed E-state index contributed by atoms with van der Waals surface area (Å²) in [5.74, 6) is 0.949. The summed E-state index contributed by atoms with van der Waals surface area (Å²) in [5, 5.41) is 0. The van der Waals surface area contributed by atoms with E-state index in [4.69, 9.17) is 4.74 Å². The Morgan fingerprint density at radius 1 is 1.29 bits per heavy atom. The Bertz CT molecular complexity index is 166. The van der Waals surface area contributed by atoms with E-state index in [0.29, 0.717) is 6.10 Å². The molecule has 14 heavy (non-hydrogen) atoms. The minimum Gasteiger partial charge on any atom is -0.377 e. The summed E-state index contributed by atoms with van der Waals surface area (Å²) in [6.45, 7) is 7.12. The fourth-order valence-electron chi connectivity index (χ4n) is 2.73. The van der Waals surface area contributed by atoms with Crippen LogP contribution in [0, 0.1) is 5.92 Å². The second-order valence-corrected chi connectivity index (χ2v) is 4.81. The van der Waals surface area contributed by atoms with E-state index in [9.17, 15) is 0 Å². The lowest BCUT2D eigenvalue weighted by Crippen LogP contribution is -2.39. The summed E-state index contributed by atoms with van der Waals surface area (Å²) < 4.78 is 5.68. The van der Waals surface area contributed by atoms with Gasteiger partial charge in [-0.2, -0.15) is 0 Å². The quantitative estimate of drug-likeness (QED) is 0.688. The molecule has 0 saturated carbocycles. The van der Waals surface area contributed by atoms with Gasteiger partial charge in [0.25, 0.3) is 0 Å². The molecule has 2 heterocycles. The molecule has 2 aliphatic rings. The number of rotatable bonds is 3. The Morgan fingerprint density at radius 3 is 2.93 bits per heavy atom. The summed E-state index contributed by atoms with van der Waals surface area (Å²) in [7, 11) is 0. The van der Waals surface area contributed by atoms with Crippen molar-refractivity contribution in [3.63, 3.8) is 0 Å². The molecule has 2 heteroatoms. The Kier molecular flexibility index (Phi) is 3.82. The van der Waals surface area contributed by atoms with Crippen molar-refractivity contribution in [3.8, 4) is 0 Å². The van der Waals surface area contributed by atoms with Crippen molar-refractivity contribution in [2.24, 2.45) is 5.92 Å². The van der Waals surface area contributed by atoms with E-state index >= 15 is 0 Å². The smallest absolute Gasteiger partial charge is 0.0702 e. The number of piperidine rings is 1. The van der Waals surface area contributed by atoms with Crippen molar-refractivity contribution in [1.29, 1.82) is 0 Å². The van der Waals surface area contributed by atoms with Gasteiger partial charge in [0.1, 0.15) is 0 Å². The molecule has 0 N–H and O–H groups in total. The van der Waals surface area contributed by atoms with Crippen LogP contribution in [0.2, 0.25) is 0 Å². The predicted octanol–water partition coefficient (Wildman–Crippen LogP) is 2.29. The number of nitrogens with zero attached hydrogens (tertiary/aromatic N) is 1. The van der Waals surface area contributed by atoms with Gasteiger partial charge in [0, 0.05) is 19.7 Å². The van der Waals surface area contributed by atoms with Gasteiger partial charge in [-0.25, -0.2) is 0 Å². The SMILES string of the molecule is CCC1CCCN(CC2CCCO2)C1. The van der Waals surface area contributed by atoms with Crippen LogP contribution in [0.15, 0.2) is 0 Å². The summed E-state index contributed by atoms with van der Waals surface area (Å²) in [4.78, 5) is 2.62. The first-order valence-corrected chi connectivity index (χ1v) is 6.22. The van der Waals surface area contributed by atoms with Gasteiger partial charge < -0.3 is 9.64 Å². The van der Waals surface area contributed by atoms with E-state index < -0.39 is 0 Å². The molecular weight excluding hydrogens is 174 g/mol. The Hall–Kier alpha value is -0.0800. The highest BCUT2D eigenvalue weighted by atomic mass is 16.5. The lowest BCUT2D eigenvalue weighted by molar-refractivity contribution is 0.0562. The highest BCUT2D eigenvalue weighted by molar-refractivity contribution is 4.76. The lowest BCUT2D eigenvalue weighted by atomic mass is 9.95. The van der Waals surface area contributed by atoms with Crippen LogP contribution in [-0.2, 0) is 4.74 Å². The van der Waals surface area contributed by atoms with Crippen LogP contribution in [0.25, 0.3) is 0 Å². The van der Waals surface area contributed by atoms with Gasteiger partial charge in [-0.1, -0.05) is 13.3 Å². The summed E-state index contributed by atoms with van der Waals surface area (Å²) in [6, 6.07) is 0. The first-order chi connectivity index (χ1) is 6.88. The number of ether oxygens (including phenoxy) is 1. The molecule has 2 atom stereocenters. The fraction of sp³-hybridized carbons (Fsp3) is 1.00. The number of likely N-dealkylation sites (tertiary alicyclic amines) is 1. The normalized spacial score (nSPS) is 34.9. The molecule has 2 aliphatic heterocycles. The maximum atomic E-state index is 5.68. The molecular formula is C12H23NO. The topological polar surface area (TPSA) is 12.5 Å². The molecule has 2 unspecified atom stereocenters. The summed E-state index contributed by atoms with van der Waals surface area (Å²) in [5.41, 5.74) is 0. The maximum absolute atomic E-state index is 5.68. The lowest BCUT2D eigenvalue weighted by Gasteiger charge is -2.33. The Labute approximate surface area is 87.6 Å². The van der Waals surface area contributed by atoms with Crippen LogP contribution in [0.4, 0.5) is 0 Å². The molecule has 0 aromatic heterocycles. The minimum absolute atomic E-state index is 0.547. The predicted molar refractivity (Wildman–Crippen MR) is 58.4 cm³/mol. The second kappa shape index (κ2) is 5.13. The molecule has 2 fully saturated rings. The van der Waals surface area contributed by atoms with Gasteiger partial charge >= 0.3 is 0 Å². The average molecular weight is 197 g/mol. The van der Waals surface area contributed by atoms with Crippen LogP contribution in [0.5, 0.6) is 0 Å². The molecule has 2 saturated heterocycles. The molecule has 0 amide bonds. The van der Waals surface area contributed by atoms with Crippen molar-refractivity contribution in [2.75, 3.05) is 26.2 Å². The van der Waals surface area contributed by atoms with Gasteiger partial charge in [-0.05, 0) is 38.1 Å². The zero-order valence-corrected chi connectivity index (χ0v) is 9.37. The van der Waals surface area contributed by atoms with E-state index in [-0.39, 0.29) is 0 Å². The molecule has 82 valence electrons. The van der Waals surface area contributed by atoms with E-state index in [0.717, 1.165) is 12.5 Å². The molecule has 2 nitrogen and oxygen atoms in total. The Morgan fingerprint density at radius 2 is 2.21 bits per heavy atom. The van der Waals surface area contributed by atoms with Gasteiger partial charge in [-0.3, -0.25) is 0 Å². The standard InChI is InChI=1S/C12H23NO/c1-2-11-5-3-7-13(9-11)10-12-6-4-8-14-12/h11-12H,2-10H2,1H3. The minimum atomic E-state index is 0.547. The van der Waals surface area contributed by atoms with E-state index in [1.807, 2.05) is 0 Å². The zero-order chi connectivity index (χ0) is 9.80. The third-order valence-corrected chi connectivity index (χ3v) is 3.67. The van der Waals surface area contributed by atoms with Crippen molar-refractivity contribution >= 4 is 0 Å². The molecule has 0 spiro atoms. The third-order valence-electron chi connectivity index (χ3n) is 3.67. The highest BCUT2D eigenvalue weighted by Crippen LogP contribution is 2.21. The first kappa shape index (κ1) is 10.4.